The third-order valence-corrected chi connectivity index (χ3v) is 5.97. The monoisotopic (exact) mass is 344 g/mol. The highest BCUT2D eigenvalue weighted by atomic mass is 16.2. The van der Waals surface area contributed by atoms with Gasteiger partial charge in [0, 0.05) is 45.1 Å². The molecule has 1 aromatic heterocycles. The highest BCUT2D eigenvalue weighted by molar-refractivity contribution is 5.82. The second kappa shape index (κ2) is 7.25. The maximum Gasteiger partial charge on any atom is 0.239 e. The van der Waals surface area contributed by atoms with Gasteiger partial charge in [-0.2, -0.15) is 0 Å². The van der Waals surface area contributed by atoms with Gasteiger partial charge in [-0.1, -0.05) is 0 Å². The van der Waals surface area contributed by atoms with Gasteiger partial charge in [-0.25, -0.2) is 9.97 Å². The zero-order valence-corrected chi connectivity index (χ0v) is 14.8. The molecule has 1 aromatic rings. The molecule has 3 aliphatic rings. The molecule has 7 heteroatoms. The van der Waals surface area contributed by atoms with Gasteiger partial charge >= 0.3 is 0 Å². The van der Waals surface area contributed by atoms with Crippen LogP contribution in [0.2, 0.25) is 0 Å². The Morgan fingerprint density at radius 3 is 2.72 bits per heavy atom. The van der Waals surface area contributed by atoms with Crippen LogP contribution in [0.25, 0.3) is 0 Å². The van der Waals surface area contributed by atoms with Gasteiger partial charge in [0.05, 0.1) is 6.04 Å². The van der Waals surface area contributed by atoms with E-state index in [0.717, 1.165) is 64.6 Å². The fourth-order valence-corrected chi connectivity index (χ4v) is 4.44. The standard InChI is InChI=1S/C18H28N6O/c25-16(15-13-18(14-22-15)3-7-19-8-4-18)23-9-2-10-24(12-11-23)17-20-5-1-6-21-17/h1,5-6,15,19,22H,2-4,7-14H2. The average Bonchev–Trinajstić information content (AvgIpc) is 2.91. The van der Waals surface area contributed by atoms with Crippen molar-refractivity contribution in [1.82, 2.24) is 25.5 Å². The number of nitrogens with zero attached hydrogens (tertiary/aromatic N) is 4. The van der Waals surface area contributed by atoms with E-state index in [2.05, 4.69) is 25.5 Å². The lowest BCUT2D eigenvalue weighted by Gasteiger charge is -2.33. The van der Waals surface area contributed by atoms with Crippen LogP contribution in [0.3, 0.4) is 0 Å². The van der Waals surface area contributed by atoms with Crippen LogP contribution in [0.4, 0.5) is 5.95 Å². The third-order valence-electron chi connectivity index (χ3n) is 5.97. The number of rotatable bonds is 2. The van der Waals surface area contributed by atoms with Crippen molar-refractivity contribution < 1.29 is 4.79 Å². The molecular weight excluding hydrogens is 316 g/mol. The van der Waals surface area contributed by atoms with Gasteiger partial charge in [0.15, 0.2) is 0 Å². The molecule has 1 unspecified atom stereocenters. The summed E-state index contributed by atoms with van der Waals surface area (Å²) in [6.45, 7) is 6.44. The summed E-state index contributed by atoms with van der Waals surface area (Å²) in [6, 6.07) is 1.83. The third kappa shape index (κ3) is 3.62. The molecule has 0 saturated carbocycles. The minimum absolute atomic E-state index is 0.00220. The SMILES string of the molecule is O=C(C1CC2(CCNCC2)CN1)N1CCCN(c2ncccn2)CC1. The molecule has 3 fully saturated rings. The fraction of sp³-hybridized carbons (Fsp3) is 0.722. The topological polar surface area (TPSA) is 73.4 Å². The number of nitrogens with one attached hydrogen (secondary N) is 2. The summed E-state index contributed by atoms with van der Waals surface area (Å²) in [5.74, 6) is 1.05. The molecule has 25 heavy (non-hydrogen) atoms. The van der Waals surface area contributed by atoms with Crippen molar-refractivity contribution in [2.24, 2.45) is 5.41 Å². The number of piperidine rings is 1. The molecule has 1 amide bonds. The lowest BCUT2D eigenvalue weighted by atomic mass is 9.77. The van der Waals surface area contributed by atoms with E-state index < -0.39 is 0 Å². The van der Waals surface area contributed by atoms with Crippen molar-refractivity contribution in [2.45, 2.75) is 31.7 Å². The van der Waals surface area contributed by atoms with Crippen LogP contribution in [0, 0.1) is 5.41 Å². The molecule has 3 saturated heterocycles. The van der Waals surface area contributed by atoms with E-state index in [9.17, 15) is 4.79 Å². The van der Waals surface area contributed by atoms with Gasteiger partial charge in [-0.3, -0.25) is 4.79 Å². The van der Waals surface area contributed by atoms with Crippen LogP contribution in [0.5, 0.6) is 0 Å². The van der Waals surface area contributed by atoms with Crippen molar-refractivity contribution in [3.63, 3.8) is 0 Å². The van der Waals surface area contributed by atoms with Crippen molar-refractivity contribution in [2.75, 3.05) is 50.7 Å². The normalized spacial score (nSPS) is 26.6. The van der Waals surface area contributed by atoms with Gasteiger partial charge in [0.1, 0.15) is 0 Å². The number of hydrogen-bond donors (Lipinski definition) is 2. The number of carbonyl (C=O) groups excluding carboxylic acids is 1. The molecule has 0 aliphatic carbocycles. The first-order chi connectivity index (χ1) is 12.3. The van der Waals surface area contributed by atoms with E-state index in [1.165, 1.54) is 12.8 Å². The van der Waals surface area contributed by atoms with Gasteiger partial charge in [-0.05, 0) is 50.3 Å². The van der Waals surface area contributed by atoms with E-state index in [4.69, 9.17) is 0 Å². The Labute approximate surface area is 149 Å². The number of amides is 1. The predicted octanol–water partition coefficient (Wildman–Crippen LogP) is 0.247. The summed E-state index contributed by atoms with van der Waals surface area (Å²) in [4.78, 5) is 25.9. The van der Waals surface area contributed by atoms with Gasteiger partial charge < -0.3 is 20.4 Å². The molecule has 4 rings (SSSR count). The molecule has 7 nitrogen and oxygen atoms in total. The highest BCUT2D eigenvalue weighted by Gasteiger charge is 2.43. The summed E-state index contributed by atoms with van der Waals surface area (Å²) in [5.41, 5.74) is 0.335. The van der Waals surface area contributed by atoms with Gasteiger partial charge in [0.2, 0.25) is 11.9 Å². The van der Waals surface area contributed by atoms with Crippen LogP contribution in [0.1, 0.15) is 25.7 Å². The smallest absolute Gasteiger partial charge is 0.239 e. The van der Waals surface area contributed by atoms with Crippen LogP contribution in [0.15, 0.2) is 18.5 Å². The Morgan fingerprint density at radius 1 is 1.12 bits per heavy atom. The second-order valence-corrected chi connectivity index (χ2v) is 7.60. The molecule has 4 heterocycles. The second-order valence-electron chi connectivity index (χ2n) is 7.60. The molecule has 0 aromatic carbocycles. The highest BCUT2D eigenvalue weighted by Crippen LogP contribution is 2.37. The molecule has 136 valence electrons. The van der Waals surface area contributed by atoms with E-state index in [1.54, 1.807) is 12.4 Å². The number of aromatic nitrogens is 2. The molecule has 0 radical (unpaired) electrons. The molecule has 2 N–H and O–H groups in total. The van der Waals surface area contributed by atoms with Gasteiger partial charge in [0.25, 0.3) is 0 Å². The average molecular weight is 344 g/mol. The molecule has 1 atom stereocenters. The summed E-state index contributed by atoms with van der Waals surface area (Å²) in [6.07, 6.45) is 7.88. The van der Waals surface area contributed by atoms with E-state index in [-0.39, 0.29) is 11.9 Å². The Hall–Kier alpha value is -1.73. The fourth-order valence-electron chi connectivity index (χ4n) is 4.44. The maximum absolute atomic E-state index is 13.0. The van der Waals surface area contributed by atoms with E-state index in [0.29, 0.717) is 5.41 Å². The lowest BCUT2D eigenvalue weighted by Crippen LogP contribution is -2.45. The first kappa shape index (κ1) is 16.7. The Bertz CT molecular complexity index is 588. The van der Waals surface area contributed by atoms with Crippen LogP contribution < -0.4 is 15.5 Å². The minimum Gasteiger partial charge on any atom is -0.340 e. The zero-order chi connectivity index (χ0) is 17.1. The van der Waals surface area contributed by atoms with Crippen molar-refractivity contribution in [3.05, 3.63) is 18.5 Å². The van der Waals surface area contributed by atoms with Crippen molar-refractivity contribution in [3.8, 4) is 0 Å². The summed E-state index contributed by atoms with van der Waals surface area (Å²) in [7, 11) is 0. The zero-order valence-electron chi connectivity index (χ0n) is 14.8. The molecular formula is C18H28N6O. The van der Waals surface area contributed by atoms with Crippen molar-refractivity contribution >= 4 is 11.9 Å². The quantitative estimate of drug-likeness (QED) is 0.801. The summed E-state index contributed by atoms with van der Waals surface area (Å²) >= 11 is 0. The maximum atomic E-state index is 13.0. The summed E-state index contributed by atoms with van der Waals surface area (Å²) < 4.78 is 0. The lowest BCUT2D eigenvalue weighted by molar-refractivity contribution is -0.133. The largest absolute Gasteiger partial charge is 0.340 e. The first-order valence-electron chi connectivity index (χ1n) is 9.51. The minimum atomic E-state index is -0.00220. The van der Waals surface area contributed by atoms with E-state index >= 15 is 0 Å². The number of anilines is 1. The first-order valence-corrected chi connectivity index (χ1v) is 9.51. The van der Waals surface area contributed by atoms with Crippen LogP contribution >= 0.6 is 0 Å². The number of hydrogen-bond acceptors (Lipinski definition) is 6. The predicted molar refractivity (Wildman–Crippen MR) is 96.4 cm³/mol. The Kier molecular flexibility index (Phi) is 4.85. The number of carbonyl (C=O) groups is 1. The summed E-state index contributed by atoms with van der Waals surface area (Å²) in [5, 5.41) is 6.95. The Balaban J connectivity index is 1.35. The van der Waals surface area contributed by atoms with Crippen LogP contribution in [-0.4, -0.2) is 72.6 Å². The van der Waals surface area contributed by atoms with Crippen molar-refractivity contribution in [1.29, 1.82) is 0 Å². The van der Waals surface area contributed by atoms with Gasteiger partial charge in [-0.15, -0.1) is 0 Å². The van der Waals surface area contributed by atoms with E-state index in [1.807, 2.05) is 11.0 Å². The molecule has 3 aliphatic heterocycles. The molecule has 1 spiro atoms. The molecule has 0 bridgehead atoms. The Morgan fingerprint density at radius 2 is 1.92 bits per heavy atom. The van der Waals surface area contributed by atoms with Crippen LogP contribution in [-0.2, 0) is 4.79 Å².